The summed E-state index contributed by atoms with van der Waals surface area (Å²) in [5, 5.41) is 8.39. The molecule has 3 aliphatic rings. The fraction of sp³-hybridized carbons (Fsp3) is 0.895. The van der Waals surface area contributed by atoms with E-state index in [1.54, 1.807) is 7.05 Å². The summed E-state index contributed by atoms with van der Waals surface area (Å²) in [5.74, 6) is 1.53. The van der Waals surface area contributed by atoms with E-state index in [0.29, 0.717) is 24.1 Å². The van der Waals surface area contributed by atoms with E-state index in [0.717, 1.165) is 25.3 Å². The molecule has 148 valence electrons. The van der Waals surface area contributed by atoms with Crippen LogP contribution in [-0.4, -0.2) is 48.0 Å². The molecule has 2 saturated heterocycles. The molecule has 6 nitrogen and oxygen atoms in total. The van der Waals surface area contributed by atoms with Crippen molar-refractivity contribution in [3.8, 4) is 0 Å². The first-order valence-electron chi connectivity index (χ1n) is 10.2. The highest BCUT2D eigenvalue weighted by Crippen LogP contribution is 2.32. The highest BCUT2D eigenvalue weighted by molar-refractivity contribution is 6.20. The van der Waals surface area contributed by atoms with Crippen LogP contribution in [0, 0.1) is 11.8 Å². The standard InChI is InChI=1S/C19H33ClN4O2/c1-24-18(25)10-8-16(23-24)19(26)22-17-9-7-14(12-21-17)6-5-13-3-2-4-15(20)11-13/h13-17,21,23H,2-12H2,1H3,(H,22,26). The normalized spacial score (nSPS) is 36.0. The molecule has 7 heteroatoms. The van der Waals surface area contributed by atoms with Crippen molar-refractivity contribution in [2.75, 3.05) is 13.6 Å². The second-order valence-electron chi connectivity index (χ2n) is 8.29. The van der Waals surface area contributed by atoms with Gasteiger partial charge in [-0.3, -0.25) is 19.9 Å². The number of piperidine rings is 1. The number of rotatable bonds is 5. The maximum absolute atomic E-state index is 12.4. The third kappa shape index (κ3) is 5.57. The van der Waals surface area contributed by atoms with Crippen LogP contribution in [0.5, 0.6) is 0 Å². The van der Waals surface area contributed by atoms with Crippen LogP contribution in [0.25, 0.3) is 0 Å². The number of hydrogen-bond acceptors (Lipinski definition) is 4. The molecular formula is C19H33ClN4O2. The van der Waals surface area contributed by atoms with Crippen molar-refractivity contribution < 1.29 is 9.59 Å². The van der Waals surface area contributed by atoms with Gasteiger partial charge in [0.1, 0.15) is 6.04 Å². The molecule has 0 spiro atoms. The number of nitrogens with one attached hydrogen (secondary N) is 3. The molecule has 1 aliphatic carbocycles. The lowest BCUT2D eigenvalue weighted by Crippen LogP contribution is -2.59. The molecule has 1 saturated carbocycles. The predicted molar refractivity (Wildman–Crippen MR) is 102 cm³/mol. The van der Waals surface area contributed by atoms with Gasteiger partial charge in [-0.25, -0.2) is 5.43 Å². The minimum Gasteiger partial charge on any atom is -0.339 e. The Balaban J connectivity index is 1.33. The lowest BCUT2D eigenvalue weighted by atomic mass is 9.82. The Morgan fingerprint density at radius 3 is 2.69 bits per heavy atom. The number of alkyl halides is 1. The minimum atomic E-state index is -0.313. The zero-order chi connectivity index (χ0) is 18.5. The van der Waals surface area contributed by atoms with Crippen LogP contribution in [-0.2, 0) is 9.59 Å². The lowest BCUT2D eigenvalue weighted by Gasteiger charge is -2.34. The van der Waals surface area contributed by atoms with Crippen LogP contribution in [0.1, 0.15) is 64.2 Å². The van der Waals surface area contributed by atoms with E-state index in [-0.39, 0.29) is 24.0 Å². The number of carbonyl (C=O) groups is 2. The van der Waals surface area contributed by atoms with Crippen molar-refractivity contribution in [2.24, 2.45) is 11.8 Å². The third-order valence-electron chi connectivity index (χ3n) is 6.22. The van der Waals surface area contributed by atoms with E-state index in [1.807, 2.05) is 0 Å². The van der Waals surface area contributed by atoms with Crippen LogP contribution in [0.15, 0.2) is 0 Å². The first-order valence-corrected chi connectivity index (χ1v) is 10.7. The van der Waals surface area contributed by atoms with E-state index in [1.165, 1.54) is 43.5 Å². The summed E-state index contributed by atoms with van der Waals surface area (Å²) in [4.78, 5) is 23.9. The van der Waals surface area contributed by atoms with Crippen molar-refractivity contribution in [3.63, 3.8) is 0 Å². The lowest BCUT2D eigenvalue weighted by molar-refractivity contribution is -0.140. The van der Waals surface area contributed by atoms with Crippen molar-refractivity contribution in [3.05, 3.63) is 0 Å². The van der Waals surface area contributed by atoms with Crippen molar-refractivity contribution >= 4 is 23.4 Å². The highest BCUT2D eigenvalue weighted by atomic mass is 35.5. The summed E-state index contributed by atoms with van der Waals surface area (Å²) in [6.07, 6.45) is 10.7. The third-order valence-corrected chi connectivity index (χ3v) is 6.62. The molecule has 2 amide bonds. The van der Waals surface area contributed by atoms with E-state index in [9.17, 15) is 9.59 Å². The molecular weight excluding hydrogens is 352 g/mol. The summed E-state index contributed by atoms with van der Waals surface area (Å²) in [6, 6.07) is -0.313. The minimum absolute atomic E-state index is 0.0179. The summed E-state index contributed by atoms with van der Waals surface area (Å²) in [6.45, 7) is 0.971. The largest absolute Gasteiger partial charge is 0.339 e. The van der Waals surface area contributed by atoms with Crippen molar-refractivity contribution in [1.29, 1.82) is 0 Å². The first-order chi connectivity index (χ1) is 12.5. The van der Waals surface area contributed by atoms with Crippen molar-refractivity contribution in [1.82, 2.24) is 21.1 Å². The van der Waals surface area contributed by atoms with E-state index in [2.05, 4.69) is 16.1 Å². The number of nitrogens with zero attached hydrogens (tertiary/aromatic N) is 1. The smallest absolute Gasteiger partial charge is 0.240 e. The van der Waals surface area contributed by atoms with Gasteiger partial charge in [-0.15, -0.1) is 11.6 Å². The van der Waals surface area contributed by atoms with E-state index >= 15 is 0 Å². The number of amides is 2. The Bertz CT molecular complexity index is 496. The molecule has 0 aromatic rings. The molecule has 3 N–H and O–H groups in total. The van der Waals surface area contributed by atoms with Crippen LogP contribution in [0.2, 0.25) is 0 Å². The average molecular weight is 385 g/mol. The quantitative estimate of drug-likeness (QED) is 0.635. The second-order valence-corrected chi connectivity index (χ2v) is 8.91. The summed E-state index contributed by atoms with van der Waals surface area (Å²) in [5.41, 5.74) is 2.96. The molecule has 2 heterocycles. The predicted octanol–water partition coefficient (Wildman–Crippen LogP) is 2.13. The van der Waals surface area contributed by atoms with Crippen molar-refractivity contribution in [2.45, 2.75) is 81.8 Å². The van der Waals surface area contributed by atoms with E-state index < -0.39 is 0 Å². The van der Waals surface area contributed by atoms with Crippen LogP contribution >= 0.6 is 11.6 Å². The first kappa shape index (κ1) is 19.9. The van der Waals surface area contributed by atoms with Gasteiger partial charge in [-0.2, -0.15) is 0 Å². The molecule has 0 radical (unpaired) electrons. The Kier molecular flexibility index (Phi) is 7.18. The zero-order valence-corrected chi connectivity index (χ0v) is 16.6. The molecule has 3 rings (SSSR count). The maximum atomic E-state index is 12.4. The molecule has 5 unspecified atom stereocenters. The van der Waals surface area contributed by atoms with Gasteiger partial charge in [0.05, 0.1) is 6.17 Å². The van der Waals surface area contributed by atoms with E-state index in [4.69, 9.17) is 11.6 Å². The molecule has 0 aromatic heterocycles. The van der Waals surface area contributed by atoms with Gasteiger partial charge in [-0.1, -0.05) is 19.3 Å². The van der Waals surface area contributed by atoms with Gasteiger partial charge in [0.2, 0.25) is 11.8 Å². The topological polar surface area (TPSA) is 73.5 Å². The number of hydrazine groups is 1. The Morgan fingerprint density at radius 2 is 2.00 bits per heavy atom. The summed E-state index contributed by atoms with van der Waals surface area (Å²) < 4.78 is 0. The molecule has 5 atom stereocenters. The van der Waals surface area contributed by atoms with Gasteiger partial charge in [0, 0.05) is 18.8 Å². The average Bonchev–Trinajstić information content (AvgIpc) is 2.63. The van der Waals surface area contributed by atoms with Crippen LogP contribution < -0.4 is 16.1 Å². The summed E-state index contributed by atoms with van der Waals surface area (Å²) in [7, 11) is 1.67. The number of halogens is 1. The van der Waals surface area contributed by atoms with Gasteiger partial charge in [0.15, 0.2) is 0 Å². The Labute approximate surface area is 161 Å². The molecule has 0 aromatic carbocycles. The maximum Gasteiger partial charge on any atom is 0.240 e. The Hall–Kier alpha value is -0.850. The fourth-order valence-electron chi connectivity index (χ4n) is 4.51. The molecule has 3 fully saturated rings. The molecule has 26 heavy (non-hydrogen) atoms. The Morgan fingerprint density at radius 1 is 1.19 bits per heavy atom. The fourth-order valence-corrected chi connectivity index (χ4v) is 4.92. The van der Waals surface area contributed by atoms with Gasteiger partial charge < -0.3 is 5.32 Å². The van der Waals surface area contributed by atoms with Gasteiger partial charge >= 0.3 is 0 Å². The highest BCUT2D eigenvalue weighted by Gasteiger charge is 2.30. The van der Waals surface area contributed by atoms with Gasteiger partial charge in [0.25, 0.3) is 0 Å². The molecule has 2 aliphatic heterocycles. The molecule has 0 bridgehead atoms. The zero-order valence-electron chi connectivity index (χ0n) is 15.8. The van der Waals surface area contributed by atoms with Gasteiger partial charge in [-0.05, 0) is 56.9 Å². The number of hydrogen-bond donors (Lipinski definition) is 3. The van der Waals surface area contributed by atoms with Crippen LogP contribution in [0.4, 0.5) is 0 Å². The SMILES string of the molecule is CN1NC(C(=O)NC2CCC(CCC3CCCC(Cl)C3)CN2)CCC1=O. The summed E-state index contributed by atoms with van der Waals surface area (Å²) >= 11 is 6.30. The van der Waals surface area contributed by atoms with Crippen LogP contribution in [0.3, 0.4) is 0 Å². The number of carbonyl (C=O) groups excluding carboxylic acids is 2. The monoisotopic (exact) mass is 384 g/mol. The second kappa shape index (κ2) is 9.38.